The van der Waals surface area contributed by atoms with Gasteiger partial charge >= 0.3 is 5.97 Å². The highest BCUT2D eigenvalue weighted by Gasteiger charge is 2.22. The SMILES string of the molecule is CN(C=O)N=Nc1nc(C(=O)NC(CCCN)C(=O)O)cn1C. The molecular formula is C12H19N7O4. The molecule has 1 aromatic heterocycles. The Labute approximate surface area is 132 Å². The van der Waals surface area contributed by atoms with Crippen molar-refractivity contribution in [2.45, 2.75) is 18.9 Å². The lowest BCUT2D eigenvalue weighted by atomic mass is 10.1. The second-order valence-electron chi connectivity index (χ2n) is 4.70. The van der Waals surface area contributed by atoms with Gasteiger partial charge < -0.3 is 20.7 Å². The van der Waals surface area contributed by atoms with Gasteiger partial charge in [0.1, 0.15) is 11.7 Å². The molecule has 0 spiro atoms. The van der Waals surface area contributed by atoms with Gasteiger partial charge in [-0.1, -0.05) is 10.3 Å². The van der Waals surface area contributed by atoms with Crippen molar-refractivity contribution in [3.63, 3.8) is 0 Å². The van der Waals surface area contributed by atoms with Crippen LogP contribution < -0.4 is 11.1 Å². The minimum atomic E-state index is -1.14. The third kappa shape index (κ3) is 5.47. The third-order valence-electron chi connectivity index (χ3n) is 2.81. The number of nitrogens with two attached hydrogens (primary N) is 1. The zero-order chi connectivity index (χ0) is 17.4. The van der Waals surface area contributed by atoms with Gasteiger partial charge in [-0.25, -0.2) is 14.8 Å². The van der Waals surface area contributed by atoms with E-state index in [0.29, 0.717) is 19.4 Å². The molecule has 126 valence electrons. The van der Waals surface area contributed by atoms with Gasteiger partial charge in [-0.2, -0.15) is 0 Å². The van der Waals surface area contributed by atoms with Gasteiger partial charge in [0.05, 0.1) is 0 Å². The smallest absolute Gasteiger partial charge is 0.326 e. The number of carboxylic acids is 1. The summed E-state index contributed by atoms with van der Waals surface area (Å²) in [7, 11) is 2.98. The molecule has 0 fully saturated rings. The molecule has 4 N–H and O–H groups in total. The summed E-state index contributed by atoms with van der Waals surface area (Å²) in [5, 5.41) is 19.6. The van der Waals surface area contributed by atoms with E-state index < -0.39 is 17.9 Å². The van der Waals surface area contributed by atoms with Gasteiger partial charge in [-0.05, 0) is 19.4 Å². The molecule has 0 bridgehead atoms. The number of carboxylic acid groups (broad SMARTS) is 1. The van der Waals surface area contributed by atoms with Crippen LogP contribution in [0, 0.1) is 0 Å². The van der Waals surface area contributed by atoms with Crippen LogP contribution in [0.5, 0.6) is 0 Å². The summed E-state index contributed by atoms with van der Waals surface area (Å²) in [6, 6.07) is -1.04. The average Bonchev–Trinajstić information content (AvgIpc) is 2.89. The number of aryl methyl sites for hydroxylation is 1. The summed E-state index contributed by atoms with van der Waals surface area (Å²) in [4.78, 5) is 37.5. The van der Waals surface area contributed by atoms with E-state index in [1.54, 1.807) is 7.05 Å². The van der Waals surface area contributed by atoms with Crippen LogP contribution in [-0.4, -0.2) is 57.6 Å². The van der Waals surface area contributed by atoms with Gasteiger partial charge in [0.25, 0.3) is 11.9 Å². The Morgan fingerprint density at radius 2 is 2.30 bits per heavy atom. The minimum absolute atomic E-state index is 0.00537. The normalized spacial score (nSPS) is 12.1. The van der Waals surface area contributed by atoms with E-state index in [-0.39, 0.29) is 18.1 Å². The van der Waals surface area contributed by atoms with Crippen molar-refractivity contribution in [3.8, 4) is 0 Å². The molecule has 0 aliphatic heterocycles. The fourth-order valence-corrected chi connectivity index (χ4v) is 1.60. The summed E-state index contributed by atoms with van der Waals surface area (Å²) in [5.74, 6) is -1.69. The summed E-state index contributed by atoms with van der Waals surface area (Å²) < 4.78 is 1.42. The highest BCUT2D eigenvalue weighted by atomic mass is 16.4. The third-order valence-corrected chi connectivity index (χ3v) is 2.81. The number of carbonyl (C=O) groups excluding carboxylic acids is 2. The Bertz CT molecular complexity index is 598. The average molecular weight is 325 g/mol. The molecule has 1 unspecified atom stereocenters. The Kier molecular flexibility index (Phi) is 6.80. The second kappa shape index (κ2) is 8.58. The largest absolute Gasteiger partial charge is 0.480 e. The zero-order valence-electron chi connectivity index (χ0n) is 12.8. The number of aliphatic carboxylic acids is 1. The van der Waals surface area contributed by atoms with Gasteiger partial charge in [0.15, 0.2) is 0 Å². The van der Waals surface area contributed by atoms with E-state index in [2.05, 4.69) is 20.6 Å². The van der Waals surface area contributed by atoms with Crippen LogP contribution in [-0.2, 0) is 16.6 Å². The number of carbonyl (C=O) groups is 3. The van der Waals surface area contributed by atoms with E-state index in [1.807, 2.05) is 0 Å². The van der Waals surface area contributed by atoms with Crippen molar-refractivity contribution in [1.29, 1.82) is 0 Å². The van der Waals surface area contributed by atoms with E-state index in [9.17, 15) is 14.4 Å². The van der Waals surface area contributed by atoms with E-state index in [4.69, 9.17) is 10.8 Å². The van der Waals surface area contributed by atoms with Crippen LogP contribution >= 0.6 is 0 Å². The van der Waals surface area contributed by atoms with Crippen LogP contribution in [0.4, 0.5) is 5.95 Å². The maximum absolute atomic E-state index is 12.1. The highest BCUT2D eigenvalue weighted by molar-refractivity contribution is 5.95. The Morgan fingerprint density at radius 3 is 2.87 bits per heavy atom. The van der Waals surface area contributed by atoms with Crippen LogP contribution in [0.25, 0.3) is 0 Å². The lowest BCUT2D eigenvalue weighted by molar-refractivity contribution is -0.139. The first-order valence-corrected chi connectivity index (χ1v) is 6.76. The predicted octanol–water partition coefficient (Wildman–Crippen LogP) is -0.571. The fraction of sp³-hybridized carbons (Fsp3) is 0.500. The molecule has 2 amide bonds. The van der Waals surface area contributed by atoms with Crippen LogP contribution in [0.15, 0.2) is 16.5 Å². The molecule has 1 aromatic rings. The summed E-state index contributed by atoms with van der Waals surface area (Å²) in [5.41, 5.74) is 5.33. The molecule has 0 aliphatic rings. The first-order chi connectivity index (χ1) is 10.9. The topological polar surface area (TPSA) is 155 Å². The number of aromatic nitrogens is 2. The Hall–Kier alpha value is -2.82. The van der Waals surface area contributed by atoms with E-state index in [0.717, 1.165) is 5.01 Å². The summed E-state index contributed by atoms with van der Waals surface area (Å²) in [6.45, 7) is 0.331. The molecule has 0 aliphatic carbocycles. The van der Waals surface area contributed by atoms with Crippen LogP contribution in [0.2, 0.25) is 0 Å². The first-order valence-electron chi connectivity index (χ1n) is 6.76. The number of amides is 2. The lowest BCUT2D eigenvalue weighted by Crippen LogP contribution is -2.41. The van der Waals surface area contributed by atoms with Crippen molar-refractivity contribution in [3.05, 3.63) is 11.9 Å². The highest BCUT2D eigenvalue weighted by Crippen LogP contribution is 2.12. The molecule has 0 saturated heterocycles. The van der Waals surface area contributed by atoms with Crippen molar-refractivity contribution in [2.24, 2.45) is 23.1 Å². The van der Waals surface area contributed by atoms with Crippen LogP contribution in [0.3, 0.4) is 0 Å². The fourth-order valence-electron chi connectivity index (χ4n) is 1.60. The number of hydrogen-bond donors (Lipinski definition) is 3. The Balaban J connectivity index is 2.82. The van der Waals surface area contributed by atoms with Crippen molar-refractivity contribution < 1.29 is 19.5 Å². The van der Waals surface area contributed by atoms with Gasteiger partial charge in [0.2, 0.25) is 6.41 Å². The lowest BCUT2D eigenvalue weighted by Gasteiger charge is -2.12. The van der Waals surface area contributed by atoms with E-state index >= 15 is 0 Å². The summed E-state index contributed by atoms with van der Waals surface area (Å²) in [6.07, 6.45) is 2.53. The molecular weight excluding hydrogens is 306 g/mol. The molecule has 11 heteroatoms. The molecule has 0 radical (unpaired) electrons. The molecule has 23 heavy (non-hydrogen) atoms. The number of imidazole rings is 1. The van der Waals surface area contributed by atoms with E-state index in [1.165, 1.54) is 17.8 Å². The molecule has 1 rings (SSSR count). The molecule has 11 nitrogen and oxygen atoms in total. The maximum Gasteiger partial charge on any atom is 0.326 e. The number of hydrogen-bond acceptors (Lipinski definition) is 7. The standard InChI is InChI=1S/C12H19N7O4/c1-18-6-9(15-12(18)16-17-19(2)7-20)10(21)14-8(11(22)23)4-3-5-13/h6-8H,3-5,13H2,1-2H3,(H,14,21)(H,22,23). The molecule has 1 atom stereocenters. The zero-order valence-corrected chi connectivity index (χ0v) is 12.8. The first kappa shape index (κ1) is 18.2. The van der Waals surface area contributed by atoms with Crippen molar-refractivity contribution in [1.82, 2.24) is 19.9 Å². The quantitative estimate of drug-likeness (QED) is 0.313. The number of nitrogens with zero attached hydrogens (tertiary/aromatic N) is 5. The van der Waals surface area contributed by atoms with Gasteiger partial charge in [-0.15, -0.1) is 0 Å². The Morgan fingerprint density at radius 1 is 1.61 bits per heavy atom. The van der Waals surface area contributed by atoms with Crippen molar-refractivity contribution in [2.75, 3.05) is 13.6 Å². The second-order valence-corrected chi connectivity index (χ2v) is 4.70. The number of nitrogens with one attached hydrogen (secondary N) is 1. The minimum Gasteiger partial charge on any atom is -0.480 e. The number of rotatable bonds is 9. The molecule has 0 aromatic carbocycles. The monoisotopic (exact) mass is 325 g/mol. The molecule has 0 saturated carbocycles. The van der Waals surface area contributed by atoms with Gasteiger partial charge in [0, 0.05) is 20.3 Å². The van der Waals surface area contributed by atoms with Gasteiger partial charge in [-0.3, -0.25) is 9.59 Å². The predicted molar refractivity (Wildman–Crippen MR) is 78.7 cm³/mol. The molecule has 1 heterocycles. The maximum atomic E-state index is 12.1. The van der Waals surface area contributed by atoms with Crippen LogP contribution in [0.1, 0.15) is 23.3 Å². The van der Waals surface area contributed by atoms with Crippen molar-refractivity contribution >= 4 is 24.2 Å². The summed E-state index contributed by atoms with van der Waals surface area (Å²) >= 11 is 0.